The lowest BCUT2D eigenvalue weighted by Crippen LogP contribution is -2.07. The molecule has 0 saturated carbocycles. The lowest BCUT2D eigenvalue weighted by Gasteiger charge is -2.04. The van der Waals surface area contributed by atoms with Crippen LogP contribution in [-0.4, -0.2) is 12.6 Å². The highest BCUT2D eigenvalue weighted by Gasteiger charge is 2.03. The molecule has 0 fully saturated rings. The molecule has 0 N–H and O–H groups in total. The Morgan fingerprint density at radius 3 is 2.67 bits per heavy atom. The van der Waals surface area contributed by atoms with Crippen molar-refractivity contribution in [3.05, 3.63) is 35.4 Å². The number of esters is 1. The third-order valence-electron chi connectivity index (χ3n) is 2.18. The van der Waals surface area contributed by atoms with Gasteiger partial charge in [-0.05, 0) is 24.5 Å². The molecule has 0 aliphatic rings. The first-order chi connectivity index (χ1) is 7.26. The standard InChI is InChI=1S/C13H18O2/c1-3-6-11-7-5-8-12(9-11)10-13(14)15-4-2/h5,7-9H,3-4,6,10H2,1-2H3. The Balaban J connectivity index is 2.60. The summed E-state index contributed by atoms with van der Waals surface area (Å²) in [4.78, 5) is 11.3. The van der Waals surface area contributed by atoms with Crippen LogP contribution < -0.4 is 0 Å². The van der Waals surface area contributed by atoms with Gasteiger partial charge in [0.05, 0.1) is 13.0 Å². The van der Waals surface area contributed by atoms with E-state index >= 15 is 0 Å². The SMILES string of the molecule is CCCc1cccc(CC(=O)OCC)c1. The summed E-state index contributed by atoms with van der Waals surface area (Å²) in [7, 11) is 0. The molecule has 1 aromatic carbocycles. The molecule has 0 spiro atoms. The van der Waals surface area contributed by atoms with Gasteiger partial charge < -0.3 is 4.74 Å². The van der Waals surface area contributed by atoms with Gasteiger partial charge >= 0.3 is 5.97 Å². The number of rotatable bonds is 5. The fourth-order valence-electron chi connectivity index (χ4n) is 1.56. The summed E-state index contributed by atoms with van der Waals surface area (Å²) in [5, 5.41) is 0. The zero-order chi connectivity index (χ0) is 11.1. The van der Waals surface area contributed by atoms with Crippen molar-refractivity contribution in [2.75, 3.05) is 6.61 Å². The molecule has 0 aliphatic carbocycles. The van der Waals surface area contributed by atoms with Gasteiger partial charge in [0.15, 0.2) is 0 Å². The van der Waals surface area contributed by atoms with Crippen LogP contribution in [0.25, 0.3) is 0 Å². The second-order valence-corrected chi connectivity index (χ2v) is 3.55. The van der Waals surface area contributed by atoms with E-state index in [1.54, 1.807) is 0 Å². The summed E-state index contributed by atoms with van der Waals surface area (Å²) in [6, 6.07) is 8.15. The Labute approximate surface area is 91.3 Å². The Hall–Kier alpha value is -1.31. The maximum absolute atomic E-state index is 11.3. The van der Waals surface area contributed by atoms with Crippen LogP contribution in [0.1, 0.15) is 31.4 Å². The first kappa shape index (κ1) is 11.8. The number of benzene rings is 1. The molecular formula is C13H18O2. The Morgan fingerprint density at radius 2 is 2.00 bits per heavy atom. The summed E-state index contributed by atoms with van der Waals surface area (Å²) in [5.41, 5.74) is 2.33. The third-order valence-corrected chi connectivity index (χ3v) is 2.18. The average molecular weight is 206 g/mol. The van der Waals surface area contributed by atoms with E-state index in [2.05, 4.69) is 19.1 Å². The van der Waals surface area contributed by atoms with Crippen LogP contribution in [0.2, 0.25) is 0 Å². The van der Waals surface area contributed by atoms with Crippen LogP contribution >= 0.6 is 0 Å². The van der Waals surface area contributed by atoms with Crippen LogP contribution in [0, 0.1) is 0 Å². The van der Waals surface area contributed by atoms with Gasteiger partial charge in [0, 0.05) is 0 Å². The van der Waals surface area contributed by atoms with Gasteiger partial charge in [0.25, 0.3) is 0 Å². The summed E-state index contributed by atoms with van der Waals surface area (Å²) >= 11 is 0. The lowest BCUT2D eigenvalue weighted by molar-refractivity contribution is -0.142. The maximum Gasteiger partial charge on any atom is 0.310 e. The minimum Gasteiger partial charge on any atom is -0.466 e. The van der Waals surface area contributed by atoms with Gasteiger partial charge in [0.1, 0.15) is 0 Å². The van der Waals surface area contributed by atoms with E-state index in [0.29, 0.717) is 13.0 Å². The van der Waals surface area contributed by atoms with Crippen LogP contribution in [0.3, 0.4) is 0 Å². The molecule has 0 saturated heterocycles. The molecule has 1 aromatic rings. The van der Waals surface area contributed by atoms with Crippen molar-refractivity contribution in [2.24, 2.45) is 0 Å². The van der Waals surface area contributed by atoms with Gasteiger partial charge in [-0.1, -0.05) is 37.6 Å². The molecule has 0 aliphatic heterocycles. The minimum absolute atomic E-state index is 0.147. The smallest absolute Gasteiger partial charge is 0.310 e. The topological polar surface area (TPSA) is 26.3 Å². The fraction of sp³-hybridized carbons (Fsp3) is 0.462. The normalized spacial score (nSPS) is 10.0. The van der Waals surface area contributed by atoms with E-state index in [-0.39, 0.29) is 5.97 Å². The first-order valence-corrected chi connectivity index (χ1v) is 5.49. The molecule has 1 rings (SSSR count). The highest BCUT2D eigenvalue weighted by molar-refractivity contribution is 5.72. The van der Waals surface area contributed by atoms with Crippen LogP contribution in [0.5, 0.6) is 0 Å². The van der Waals surface area contributed by atoms with Crippen LogP contribution in [-0.2, 0) is 22.4 Å². The number of carbonyl (C=O) groups excluding carboxylic acids is 1. The molecule has 0 unspecified atom stereocenters. The molecule has 0 bridgehead atoms. The van der Waals surface area contributed by atoms with Crippen molar-refractivity contribution in [3.8, 4) is 0 Å². The largest absolute Gasteiger partial charge is 0.466 e. The summed E-state index contributed by atoms with van der Waals surface area (Å²) in [5.74, 6) is -0.147. The quantitative estimate of drug-likeness (QED) is 0.692. The lowest BCUT2D eigenvalue weighted by atomic mass is 10.1. The van der Waals surface area contributed by atoms with Gasteiger partial charge in [-0.3, -0.25) is 4.79 Å². The Kier molecular flexibility index (Phi) is 4.88. The van der Waals surface area contributed by atoms with E-state index < -0.39 is 0 Å². The Morgan fingerprint density at radius 1 is 1.27 bits per heavy atom. The van der Waals surface area contributed by atoms with Gasteiger partial charge in [-0.2, -0.15) is 0 Å². The zero-order valence-corrected chi connectivity index (χ0v) is 9.45. The van der Waals surface area contributed by atoms with Gasteiger partial charge in [0.2, 0.25) is 0 Å². The van der Waals surface area contributed by atoms with Crippen LogP contribution in [0.4, 0.5) is 0 Å². The predicted molar refractivity (Wildman–Crippen MR) is 60.8 cm³/mol. The van der Waals surface area contributed by atoms with E-state index in [1.165, 1.54) is 5.56 Å². The molecular weight excluding hydrogens is 188 g/mol. The zero-order valence-electron chi connectivity index (χ0n) is 9.45. The highest BCUT2D eigenvalue weighted by atomic mass is 16.5. The molecule has 15 heavy (non-hydrogen) atoms. The van der Waals surface area contributed by atoms with Crippen molar-refractivity contribution in [2.45, 2.75) is 33.1 Å². The first-order valence-electron chi connectivity index (χ1n) is 5.49. The maximum atomic E-state index is 11.3. The predicted octanol–water partition coefficient (Wildman–Crippen LogP) is 2.74. The number of hydrogen-bond donors (Lipinski definition) is 0. The van der Waals surface area contributed by atoms with E-state index in [1.807, 2.05) is 19.1 Å². The fourth-order valence-corrected chi connectivity index (χ4v) is 1.56. The van der Waals surface area contributed by atoms with Gasteiger partial charge in [-0.15, -0.1) is 0 Å². The van der Waals surface area contributed by atoms with Crippen molar-refractivity contribution < 1.29 is 9.53 Å². The third kappa shape index (κ3) is 4.15. The number of aryl methyl sites for hydroxylation is 1. The van der Waals surface area contributed by atoms with E-state index in [0.717, 1.165) is 18.4 Å². The van der Waals surface area contributed by atoms with Crippen LogP contribution in [0.15, 0.2) is 24.3 Å². The summed E-state index contributed by atoms with van der Waals surface area (Å²) in [6.45, 7) is 4.43. The number of ether oxygens (including phenoxy) is 1. The molecule has 2 nitrogen and oxygen atoms in total. The van der Waals surface area contributed by atoms with Crippen molar-refractivity contribution in [1.82, 2.24) is 0 Å². The molecule has 0 aromatic heterocycles. The van der Waals surface area contributed by atoms with E-state index in [4.69, 9.17) is 4.74 Å². The molecule has 0 atom stereocenters. The second kappa shape index (κ2) is 6.23. The van der Waals surface area contributed by atoms with Gasteiger partial charge in [-0.25, -0.2) is 0 Å². The number of carbonyl (C=O) groups is 1. The van der Waals surface area contributed by atoms with Crippen molar-refractivity contribution >= 4 is 5.97 Å². The molecule has 0 radical (unpaired) electrons. The minimum atomic E-state index is -0.147. The second-order valence-electron chi connectivity index (χ2n) is 3.55. The summed E-state index contributed by atoms with van der Waals surface area (Å²) in [6.07, 6.45) is 2.57. The van der Waals surface area contributed by atoms with E-state index in [9.17, 15) is 4.79 Å². The molecule has 82 valence electrons. The molecule has 2 heteroatoms. The van der Waals surface area contributed by atoms with Crippen molar-refractivity contribution in [1.29, 1.82) is 0 Å². The Bertz CT molecular complexity index is 318. The highest BCUT2D eigenvalue weighted by Crippen LogP contribution is 2.08. The molecule has 0 amide bonds. The monoisotopic (exact) mass is 206 g/mol. The average Bonchev–Trinajstić information content (AvgIpc) is 2.19. The molecule has 0 heterocycles. The van der Waals surface area contributed by atoms with Crippen molar-refractivity contribution in [3.63, 3.8) is 0 Å². The number of hydrogen-bond acceptors (Lipinski definition) is 2. The summed E-state index contributed by atoms with van der Waals surface area (Å²) < 4.78 is 4.91.